The Morgan fingerprint density at radius 1 is 1.29 bits per heavy atom. The number of hydrogen-bond donors (Lipinski definition) is 2. The number of rotatable bonds is 5. The number of carbonyl (C=O) groups excluding carboxylic acids is 1. The van der Waals surface area contributed by atoms with Gasteiger partial charge in [0, 0.05) is 35.0 Å². The molecule has 3 aromatic rings. The fraction of sp³-hybridized carbons (Fsp3) is 0.368. The Morgan fingerprint density at radius 3 is 2.83 bits per heavy atom. The third kappa shape index (κ3) is 3.67. The topological polar surface area (TPSA) is 70.9 Å². The lowest BCUT2D eigenvalue weighted by Crippen LogP contribution is -2.12. The number of fused-ring (bicyclic) bond motifs is 1. The normalized spacial score (nSPS) is 11.8. The first-order valence-corrected chi connectivity index (χ1v) is 8.25. The van der Waals surface area contributed by atoms with Crippen molar-refractivity contribution in [1.82, 2.24) is 10.1 Å². The number of hydrogen-bond acceptors (Lipinski definition) is 3. The minimum absolute atomic E-state index is 0.0383. The van der Waals surface area contributed by atoms with Crippen LogP contribution in [0.3, 0.4) is 0 Å². The second-order valence-corrected chi connectivity index (χ2v) is 7.09. The van der Waals surface area contributed by atoms with Gasteiger partial charge in [-0.2, -0.15) is 0 Å². The van der Waals surface area contributed by atoms with Gasteiger partial charge in [0.1, 0.15) is 5.76 Å². The minimum atomic E-state index is -0.120. The number of aromatic nitrogens is 2. The molecular weight excluding hydrogens is 302 g/mol. The van der Waals surface area contributed by atoms with Gasteiger partial charge < -0.3 is 14.8 Å². The second-order valence-electron chi connectivity index (χ2n) is 7.09. The summed E-state index contributed by atoms with van der Waals surface area (Å²) in [7, 11) is 0. The fourth-order valence-corrected chi connectivity index (χ4v) is 2.67. The van der Waals surface area contributed by atoms with Crippen molar-refractivity contribution >= 4 is 22.6 Å². The van der Waals surface area contributed by atoms with Crippen molar-refractivity contribution in [3.05, 3.63) is 47.9 Å². The number of nitrogens with one attached hydrogen (secondary N) is 2. The van der Waals surface area contributed by atoms with E-state index in [4.69, 9.17) is 4.52 Å². The van der Waals surface area contributed by atoms with E-state index in [1.807, 2.05) is 39.1 Å². The summed E-state index contributed by atoms with van der Waals surface area (Å²) in [4.78, 5) is 15.3. The van der Waals surface area contributed by atoms with E-state index < -0.39 is 0 Å². The Morgan fingerprint density at radius 2 is 2.08 bits per heavy atom. The third-order valence-corrected chi connectivity index (χ3v) is 4.04. The molecule has 5 nitrogen and oxygen atoms in total. The molecule has 126 valence electrons. The van der Waals surface area contributed by atoms with Crippen molar-refractivity contribution < 1.29 is 9.32 Å². The molecule has 0 spiro atoms. The summed E-state index contributed by atoms with van der Waals surface area (Å²) in [5.41, 5.74) is 2.26. The summed E-state index contributed by atoms with van der Waals surface area (Å²) in [5, 5.41) is 7.94. The Kier molecular flexibility index (Phi) is 4.42. The number of H-pyrrole nitrogens is 1. The second kappa shape index (κ2) is 6.51. The minimum Gasteiger partial charge on any atom is -0.361 e. The van der Waals surface area contributed by atoms with Gasteiger partial charge in [-0.15, -0.1) is 0 Å². The Balaban J connectivity index is 1.52. The van der Waals surface area contributed by atoms with Gasteiger partial charge in [-0.25, -0.2) is 0 Å². The van der Waals surface area contributed by atoms with Crippen molar-refractivity contribution in [2.45, 2.75) is 45.4 Å². The zero-order valence-corrected chi connectivity index (χ0v) is 14.3. The van der Waals surface area contributed by atoms with Gasteiger partial charge in [0.05, 0.1) is 0 Å². The van der Waals surface area contributed by atoms with E-state index in [0.717, 1.165) is 24.1 Å². The highest BCUT2D eigenvalue weighted by Gasteiger charge is 2.20. The molecule has 0 unspecified atom stereocenters. The van der Waals surface area contributed by atoms with Gasteiger partial charge in [-0.3, -0.25) is 4.79 Å². The van der Waals surface area contributed by atoms with E-state index in [1.54, 1.807) is 6.07 Å². The smallest absolute Gasteiger partial charge is 0.225 e. The summed E-state index contributed by atoms with van der Waals surface area (Å²) in [6.45, 7) is 6.13. The highest BCUT2D eigenvalue weighted by Crippen LogP contribution is 2.24. The SMILES string of the molecule is CC(C)(C)c1cc(NC(=O)CCCc2c[nH]c3ccccc23)no1. The maximum atomic E-state index is 12.1. The van der Waals surface area contributed by atoms with Crippen LogP contribution in [-0.4, -0.2) is 16.0 Å². The van der Waals surface area contributed by atoms with Crippen molar-refractivity contribution in [3.63, 3.8) is 0 Å². The van der Waals surface area contributed by atoms with Gasteiger partial charge >= 0.3 is 0 Å². The van der Waals surface area contributed by atoms with E-state index in [-0.39, 0.29) is 11.3 Å². The standard InChI is InChI=1S/C19H23N3O2/c1-19(2,3)16-11-17(22-24-16)21-18(23)10-6-7-13-12-20-15-9-5-4-8-14(13)15/h4-5,8-9,11-12,20H,6-7,10H2,1-3H3,(H,21,22,23). The number of benzene rings is 1. The molecular formula is C19H23N3O2. The Labute approximate surface area is 141 Å². The molecule has 1 amide bonds. The molecule has 0 bridgehead atoms. The largest absolute Gasteiger partial charge is 0.361 e. The lowest BCUT2D eigenvalue weighted by molar-refractivity contribution is -0.116. The first kappa shape index (κ1) is 16.3. The Bertz CT molecular complexity index is 840. The van der Waals surface area contributed by atoms with Crippen molar-refractivity contribution in [1.29, 1.82) is 0 Å². The van der Waals surface area contributed by atoms with E-state index in [2.05, 4.69) is 27.6 Å². The molecule has 0 aliphatic heterocycles. The average Bonchev–Trinajstić information content (AvgIpc) is 3.14. The molecule has 0 fully saturated rings. The van der Waals surface area contributed by atoms with Crippen molar-refractivity contribution in [2.75, 3.05) is 5.32 Å². The van der Waals surface area contributed by atoms with E-state index in [1.165, 1.54) is 10.9 Å². The van der Waals surface area contributed by atoms with Gasteiger partial charge in [0.25, 0.3) is 0 Å². The number of carbonyl (C=O) groups is 1. The molecule has 2 N–H and O–H groups in total. The lowest BCUT2D eigenvalue weighted by atomic mass is 9.93. The van der Waals surface area contributed by atoms with Crippen LogP contribution in [0.5, 0.6) is 0 Å². The molecule has 3 rings (SSSR count). The van der Waals surface area contributed by atoms with Crippen LogP contribution in [-0.2, 0) is 16.6 Å². The third-order valence-electron chi connectivity index (χ3n) is 4.04. The van der Waals surface area contributed by atoms with Crippen LogP contribution < -0.4 is 5.32 Å². The van der Waals surface area contributed by atoms with Gasteiger partial charge in [0.2, 0.25) is 5.91 Å². The summed E-state index contributed by atoms with van der Waals surface area (Å²) in [6.07, 6.45) is 4.13. The number of aryl methyl sites for hydroxylation is 1. The summed E-state index contributed by atoms with van der Waals surface area (Å²) < 4.78 is 5.27. The fourth-order valence-electron chi connectivity index (χ4n) is 2.67. The van der Waals surface area contributed by atoms with Crippen LogP contribution in [0.2, 0.25) is 0 Å². The Hall–Kier alpha value is -2.56. The highest BCUT2D eigenvalue weighted by molar-refractivity contribution is 5.89. The number of amides is 1. The van der Waals surface area contributed by atoms with Crippen LogP contribution in [0, 0.1) is 0 Å². The van der Waals surface area contributed by atoms with Gasteiger partial charge in [-0.1, -0.05) is 44.1 Å². The summed E-state index contributed by atoms with van der Waals surface area (Å²) in [6, 6.07) is 9.99. The molecule has 0 aliphatic carbocycles. The summed E-state index contributed by atoms with van der Waals surface area (Å²) >= 11 is 0. The lowest BCUT2D eigenvalue weighted by Gasteiger charge is -2.12. The molecule has 0 aliphatic rings. The van der Waals surface area contributed by atoms with Crippen molar-refractivity contribution in [2.24, 2.45) is 0 Å². The number of para-hydroxylation sites is 1. The molecule has 5 heteroatoms. The van der Waals surface area contributed by atoms with Crippen molar-refractivity contribution in [3.8, 4) is 0 Å². The molecule has 0 atom stereocenters. The quantitative estimate of drug-likeness (QED) is 0.729. The summed E-state index contributed by atoms with van der Waals surface area (Å²) in [5.74, 6) is 1.21. The van der Waals surface area contributed by atoms with Crippen LogP contribution in [0.25, 0.3) is 10.9 Å². The number of aromatic amines is 1. The zero-order valence-electron chi connectivity index (χ0n) is 14.3. The van der Waals surface area contributed by atoms with Crippen LogP contribution >= 0.6 is 0 Å². The maximum absolute atomic E-state index is 12.1. The van der Waals surface area contributed by atoms with Crippen LogP contribution in [0.4, 0.5) is 5.82 Å². The molecule has 24 heavy (non-hydrogen) atoms. The molecule has 2 heterocycles. The predicted molar refractivity (Wildman–Crippen MR) is 95.1 cm³/mol. The first-order valence-electron chi connectivity index (χ1n) is 8.25. The molecule has 0 radical (unpaired) electrons. The molecule has 2 aromatic heterocycles. The van der Waals surface area contributed by atoms with E-state index >= 15 is 0 Å². The monoisotopic (exact) mass is 325 g/mol. The average molecular weight is 325 g/mol. The molecule has 0 saturated carbocycles. The van der Waals surface area contributed by atoms with E-state index in [9.17, 15) is 4.79 Å². The predicted octanol–water partition coefficient (Wildman–Crippen LogP) is 4.41. The van der Waals surface area contributed by atoms with Gasteiger partial charge in [-0.05, 0) is 24.5 Å². The van der Waals surface area contributed by atoms with Crippen LogP contribution in [0.15, 0.2) is 41.1 Å². The molecule has 1 aromatic carbocycles. The first-order chi connectivity index (χ1) is 11.4. The van der Waals surface area contributed by atoms with Gasteiger partial charge in [0.15, 0.2) is 5.82 Å². The number of nitrogens with zero attached hydrogens (tertiary/aromatic N) is 1. The van der Waals surface area contributed by atoms with E-state index in [0.29, 0.717) is 12.2 Å². The van der Waals surface area contributed by atoms with Crippen LogP contribution in [0.1, 0.15) is 44.9 Å². The molecule has 0 saturated heterocycles. The number of anilines is 1. The zero-order chi connectivity index (χ0) is 17.2. The maximum Gasteiger partial charge on any atom is 0.225 e. The highest BCUT2D eigenvalue weighted by atomic mass is 16.5.